The minimum absolute atomic E-state index is 0.115. The van der Waals surface area contributed by atoms with E-state index < -0.39 is 5.97 Å². The van der Waals surface area contributed by atoms with Crippen LogP contribution in [0.4, 0.5) is 0 Å². The van der Waals surface area contributed by atoms with Crippen LogP contribution in [0.25, 0.3) is 0 Å². The number of hydrogen-bond donors (Lipinski definition) is 0. The topological polar surface area (TPSA) is 78.9 Å². The van der Waals surface area contributed by atoms with Gasteiger partial charge in [0, 0.05) is 10.5 Å². The molecule has 2 aromatic rings. The van der Waals surface area contributed by atoms with Crippen LogP contribution in [0.5, 0.6) is 11.5 Å². The first kappa shape index (κ1) is 19.5. The van der Waals surface area contributed by atoms with Crippen molar-refractivity contribution in [1.82, 2.24) is 0 Å². The van der Waals surface area contributed by atoms with Crippen molar-refractivity contribution in [3.05, 3.63) is 46.5 Å². The van der Waals surface area contributed by atoms with E-state index in [2.05, 4.69) is 0 Å². The first-order valence-corrected chi connectivity index (χ1v) is 8.38. The fourth-order valence-electron chi connectivity index (χ4n) is 2.50. The maximum atomic E-state index is 12.3. The molecule has 0 bridgehead atoms. The molecule has 0 heterocycles. The Balaban J connectivity index is 2.69. The van der Waals surface area contributed by atoms with Crippen molar-refractivity contribution >= 4 is 30.3 Å². The van der Waals surface area contributed by atoms with Gasteiger partial charge in [-0.05, 0) is 36.8 Å². The maximum Gasteiger partial charge on any atom is 0.342 e. The standard InChI is InChI=1S/C19H18O6S/c1-11-7-13(10-21)18(14(8-11)23-2)26-15-6-5-12(9-20)17(24-3)16(15)19(22)25-4/h5-10H,1-4H3. The van der Waals surface area contributed by atoms with Crippen LogP contribution in [0.2, 0.25) is 0 Å². The molecule has 0 amide bonds. The molecule has 0 aliphatic rings. The van der Waals surface area contributed by atoms with E-state index in [4.69, 9.17) is 14.2 Å². The molecule has 0 spiro atoms. The normalized spacial score (nSPS) is 10.2. The summed E-state index contributed by atoms with van der Waals surface area (Å²) in [4.78, 5) is 36.1. The molecule has 0 saturated carbocycles. The Kier molecular flexibility index (Phi) is 6.41. The predicted octanol–water partition coefficient (Wildman–Crippen LogP) is 3.58. The van der Waals surface area contributed by atoms with E-state index in [0.717, 1.165) is 23.6 Å². The fraction of sp³-hybridized carbons (Fsp3) is 0.211. The van der Waals surface area contributed by atoms with Gasteiger partial charge in [-0.15, -0.1) is 0 Å². The first-order valence-electron chi connectivity index (χ1n) is 7.56. The van der Waals surface area contributed by atoms with Gasteiger partial charge in [-0.3, -0.25) is 9.59 Å². The van der Waals surface area contributed by atoms with E-state index in [1.807, 2.05) is 6.92 Å². The average Bonchev–Trinajstić information content (AvgIpc) is 2.67. The molecule has 7 heteroatoms. The van der Waals surface area contributed by atoms with Crippen molar-refractivity contribution in [1.29, 1.82) is 0 Å². The van der Waals surface area contributed by atoms with Crippen LogP contribution >= 0.6 is 11.8 Å². The van der Waals surface area contributed by atoms with Crippen LogP contribution in [-0.4, -0.2) is 39.9 Å². The molecule has 26 heavy (non-hydrogen) atoms. The number of carbonyl (C=O) groups excluding carboxylic acids is 3. The molecule has 0 saturated heterocycles. The zero-order valence-electron chi connectivity index (χ0n) is 14.8. The lowest BCUT2D eigenvalue weighted by molar-refractivity contribution is 0.0592. The Morgan fingerprint density at radius 2 is 1.69 bits per heavy atom. The van der Waals surface area contributed by atoms with E-state index in [1.165, 1.54) is 21.3 Å². The van der Waals surface area contributed by atoms with Crippen molar-refractivity contribution in [2.45, 2.75) is 16.7 Å². The molecule has 0 N–H and O–H groups in total. The van der Waals surface area contributed by atoms with Crippen molar-refractivity contribution < 1.29 is 28.6 Å². The molecule has 0 atom stereocenters. The summed E-state index contributed by atoms with van der Waals surface area (Å²) in [5.74, 6) is -0.0197. The highest BCUT2D eigenvalue weighted by Crippen LogP contribution is 2.42. The summed E-state index contributed by atoms with van der Waals surface area (Å²) in [6.45, 7) is 1.85. The number of rotatable bonds is 7. The molecule has 0 aromatic heterocycles. The molecule has 0 aliphatic carbocycles. The SMILES string of the molecule is COC(=O)c1c(Sc2c(C=O)cc(C)cc2OC)ccc(C=O)c1OC. The van der Waals surface area contributed by atoms with Gasteiger partial charge < -0.3 is 14.2 Å². The number of carbonyl (C=O) groups is 3. The van der Waals surface area contributed by atoms with E-state index in [-0.39, 0.29) is 16.9 Å². The van der Waals surface area contributed by atoms with Gasteiger partial charge in [0.2, 0.25) is 0 Å². The van der Waals surface area contributed by atoms with Crippen LogP contribution < -0.4 is 9.47 Å². The summed E-state index contributed by atoms with van der Waals surface area (Å²) >= 11 is 1.16. The lowest BCUT2D eigenvalue weighted by Gasteiger charge is -2.16. The maximum absolute atomic E-state index is 12.3. The molecule has 0 aliphatic heterocycles. The van der Waals surface area contributed by atoms with E-state index in [0.29, 0.717) is 27.4 Å². The van der Waals surface area contributed by atoms with E-state index in [9.17, 15) is 14.4 Å². The zero-order chi connectivity index (χ0) is 19.3. The number of esters is 1. The van der Waals surface area contributed by atoms with Gasteiger partial charge >= 0.3 is 5.97 Å². The van der Waals surface area contributed by atoms with Gasteiger partial charge in [0.15, 0.2) is 12.6 Å². The van der Waals surface area contributed by atoms with Crippen LogP contribution in [0.3, 0.4) is 0 Å². The number of aryl methyl sites for hydroxylation is 1. The third-order valence-corrected chi connectivity index (χ3v) is 4.86. The molecule has 136 valence electrons. The molecule has 2 rings (SSSR count). The largest absolute Gasteiger partial charge is 0.496 e. The summed E-state index contributed by atoms with van der Waals surface area (Å²) < 4.78 is 15.5. The Morgan fingerprint density at radius 1 is 1.00 bits per heavy atom. The summed E-state index contributed by atoms with van der Waals surface area (Å²) in [5.41, 5.74) is 1.64. The van der Waals surface area contributed by atoms with Crippen LogP contribution in [0.1, 0.15) is 36.6 Å². The van der Waals surface area contributed by atoms with Crippen molar-refractivity contribution in [3.63, 3.8) is 0 Å². The average molecular weight is 374 g/mol. The van der Waals surface area contributed by atoms with Gasteiger partial charge in [0.1, 0.15) is 17.1 Å². The monoisotopic (exact) mass is 374 g/mol. The third kappa shape index (κ3) is 3.72. The molecular weight excluding hydrogens is 356 g/mol. The molecule has 0 unspecified atom stereocenters. The molecular formula is C19H18O6S. The number of benzene rings is 2. The fourth-order valence-corrected chi connectivity index (χ4v) is 3.60. The smallest absolute Gasteiger partial charge is 0.342 e. The second-order valence-electron chi connectivity index (χ2n) is 5.28. The number of hydrogen-bond acceptors (Lipinski definition) is 7. The molecule has 6 nitrogen and oxygen atoms in total. The van der Waals surface area contributed by atoms with Crippen LogP contribution in [0.15, 0.2) is 34.1 Å². The van der Waals surface area contributed by atoms with E-state index in [1.54, 1.807) is 24.3 Å². The second kappa shape index (κ2) is 8.53. The third-order valence-electron chi connectivity index (χ3n) is 3.66. The van der Waals surface area contributed by atoms with E-state index >= 15 is 0 Å². The van der Waals surface area contributed by atoms with Gasteiger partial charge in [-0.1, -0.05) is 11.8 Å². The quantitative estimate of drug-likeness (QED) is 0.541. The highest BCUT2D eigenvalue weighted by Gasteiger charge is 2.24. The van der Waals surface area contributed by atoms with Gasteiger partial charge in [0.05, 0.1) is 31.8 Å². The Labute approximate surface area is 155 Å². The summed E-state index contributed by atoms with van der Waals surface area (Å²) in [6, 6.07) is 6.68. The van der Waals surface area contributed by atoms with Gasteiger partial charge in [-0.25, -0.2) is 4.79 Å². The van der Waals surface area contributed by atoms with Crippen molar-refractivity contribution in [2.24, 2.45) is 0 Å². The lowest BCUT2D eigenvalue weighted by Crippen LogP contribution is -2.08. The summed E-state index contributed by atoms with van der Waals surface area (Å²) in [5, 5.41) is 0. The number of ether oxygens (including phenoxy) is 3. The van der Waals surface area contributed by atoms with Crippen LogP contribution in [0, 0.1) is 6.92 Å². The Morgan fingerprint density at radius 3 is 2.23 bits per heavy atom. The summed E-state index contributed by atoms with van der Waals surface area (Å²) in [7, 11) is 4.12. The minimum atomic E-state index is -0.646. The number of methoxy groups -OCH3 is 3. The predicted molar refractivity (Wildman–Crippen MR) is 97.0 cm³/mol. The van der Waals surface area contributed by atoms with Crippen molar-refractivity contribution in [3.8, 4) is 11.5 Å². The highest BCUT2D eigenvalue weighted by atomic mass is 32.2. The van der Waals surface area contributed by atoms with Gasteiger partial charge in [-0.2, -0.15) is 0 Å². The van der Waals surface area contributed by atoms with Crippen LogP contribution in [-0.2, 0) is 4.74 Å². The minimum Gasteiger partial charge on any atom is -0.496 e. The Hall–Kier alpha value is -2.80. The molecule has 2 aromatic carbocycles. The second-order valence-corrected chi connectivity index (χ2v) is 6.33. The first-order chi connectivity index (χ1) is 12.5. The highest BCUT2D eigenvalue weighted by molar-refractivity contribution is 7.99. The lowest BCUT2D eigenvalue weighted by atomic mass is 10.1. The Bertz CT molecular complexity index is 860. The molecule has 0 fully saturated rings. The number of aldehydes is 2. The molecule has 0 radical (unpaired) electrons. The van der Waals surface area contributed by atoms with Crippen molar-refractivity contribution in [2.75, 3.05) is 21.3 Å². The summed E-state index contributed by atoms with van der Waals surface area (Å²) in [6.07, 6.45) is 1.33. The van der Waals surface area contributed by atoms with Gasteiger partial charge in [0.25, 0.3) is 0 Å². The zero-order valence-corrected chi connectivity index (χ0v) is 15.6.